The molecule has 2 saturated heterocycles. The number of fused-ring (bicyclic) bond motifs is 2. The zero-order valence-electron chi connectivity index (χ0n) is 19.0. The molecule has 3 fully saturated rings. The molecule has 0 amide bonds. The van der Waals surface area contributed by atoms with Gasteiger partial charge in [-0.3, -0.25) is 9.30 Å². The van der Waals surface area contributed by atoms with Crippen LogP contribution in [0, 0.1) is 0 Å². The van der Waals surface area contributed by atoms with E-state index < -0.39 is 17.9 Å². The zero-order chi connectivity index (χ0) is 25.1. The van der Waals surface area contributed by atoms with Crippen LogP contribution in [0.5, 0.6) is 0 Å². The van der Waals surface area contributed by atoms with Crippen LogP contribution in [0.15, 0.2) is 23.4 Å². The van der Waals surface area contributed by atoms with Crippen molar-refractivity contribution in [3.05, 3.63) is 23.5 Å². The number of rotatable bonds is 7. The molecule has 1 aliphatic carbocycles. The number of aromatic nitrogens is 4. The van der Waals surface area contributed by atoms with Crippen LogP contribution in [-0.4, -0.2) is 96.7 Å². The van der Waals surface area contributed by atoms with E-state index in [1.807, 2.05) is 6.07 Å². The maximum atomic E-state index is 13.1. The summed E-state index contributed by atoms with van der Waals surface area (Å²) in [6.07, 6.45) is 1.57. The molecule has 5 heterocycles. The third-order valence-electron chi connectivity index (χ3n) is 6.95. The summed E-state index contributed by atoms with van der Waals surface area (Å²) < 4.78 is 36.8. The minimum absolute atomic E-state index is 0.259. The van der Waals surface area contributed by atoms with E-state index in [0.29, 0.717) is 30.2 Å². The second-order valence-corrected chi connectivity index (χ2v) is 11.2. The fraction of sp³-hybridized carbons (Fsp3) is 0.571. The number of pyridine rings is 1. The lowest BCUT2D eigenvalue weighted by Gasteiger charge is -2.44. The fourth-order valence-corrected chi connectivity index (χ4v) is 6.36. The summed E-state index contributed by atoms with van der Waals surface area (Å²) in [5.74, 6) is -2.46. The van der Waals surface area contributed by atoms with Crippen molar-refractivity contribution < 1.29 is 28.8 Å². The molecule has 6 rings (SSSR count). The van der Waals surface area contributed by atoms with Gasteiger partial charge in [-0.25, -0.2) is 18.5 Å². The minimum atomic E-state index is -2.84. The summed E-state index contributed by atoms with van der Waals surface area (Å²) in [6, 6.07) is 2.24. The lowest BCUT2D eigenvalue weighted by atomic mass is 10.1. The second-order valence-electron chi connectivity index (χ2n) is 9.28. The van der Waals surface area contributed by atoms with E-state index in [0.717, 1.165) is 67.3 Å². The first-order chi connectivity index (χ1) is 17.2. The molecule has 0 radical (unpaired) electrons. The summed E-state index contributed by atoms with van der Waals surface area (Å²) >= 11 is 1.95. The van der Waals surface area contributed by atoms with Crippen molar-refractivity contribution in [3.63, 3.8) is 0 Å². The largest absolute Gasteiger partial charge is 0.378 e. The molecule has 3 aliphatic rings. The number of alkyl halides is 2. The number of nitrogens with one attached hydrogen (secondary N) is 1. The van der Waals surface area contributed by atoms with E-state index in [1.54, 1.807) is 16.8 Å². The predicted molar refractivity (Wildman–Crippen MR) is 128 cm³/mol. The highest BCUT2D eigenvalue weighted by molar-refractivity contribution is 7.97. The van der Waals surface area contributed by atoms with Gasteiger partial charge in [-0.1, -0.05) is 11.3 Å². The van der Waals surface area contributed by atoms with Gasteiger partial charge in [0.1, 0.15) is 5.54 Å². The van der Waals surface area contributed by atoms with Gasteiger partial charge in [0.05, 0.1) is 36.7 Å². The van der Waals surface area contributed by atoms with Crippen molar-refractivity contribution in [1.82, 2.24) is 29.2 Å². The standard InChI is InChI=1S/C21H25F2N7O4S2/c22-16(23)18-25-26-19(35-18)17-24-8-15-14(29-4-3-28-5-6-34-11-12(28)9-29)7-13(10-30(15)17)36-27-20(1-2-20)21(31,32)33/h7-8,10,12,16,27,31-33H,1-6,9,11H2. The van der Waals surface area contributed by atoms with Gasteiger partial charge in [-0.15, -0.1) is 10.2 Å². The quantitative estimate of drug-likeness (QED) is 0.253. The van der Waals surface area contributed by atoms with E-state index in [4.69, 9.17) is 4.74 Å². The molecule has 4 N–H and O–H groups in total. The monoisotopic (exact) mass is 541 g/mol. The number of aliphatic hydroxyl groups is 3. The normalized spacial score (nSPS) is 22.4. The number of anilines is 1. The highest BCUT2D eigenvalue weighted by Crippen LogP contribution is 2.45. The Labute approximate surface area is 212 Å². The third kappa shape index (κ3) is 4.36. The summed E-state index contributed by atoms with van der Waals surface area (Å²) in [6.45, 7) is 4.72. The molecule has 2 aliphatic heterocycles. The van der Waals surface area contributed by atoms with Crippen molar-refractivity contribution in [1.29, 1.82) is 0 Å². The number of ether oxygens (including phenoxy) is 1. The van der Waals surface area contributed by atoms with E-state index >= 15 is 0 Å². The van der Waals surface area contributed by atoms with Crippen molar-refractivity contribution in [2.75, 3.05) is 44.3 Å². The van der Waals surface area contributed by atoms with Crippen LogP contribution >= 0.6 is 23.3 Å². The molecule has 194 valence electrons. The molecular weight excluding hydrogens is 516 g/mol. The molecule has 1 saturated carbocycles. The molecule has 3 aromatic rings. The number of halogens is 2. The Kier molecular flexibility index (Phi) is 6.15. The van der Waals surface area contributed by atoms with Gasteiger partial charge in [0.2, 0.25) is 0 Å². The number of nitrogens with zero attached hydrogens (tertiary/aromatic N) is 6. The van der Waals surface area contributed by atoms with Crippen LogP contribution < -0.4 is 9.62 Å². The maximum Gasteiger partial charge on any atom is 0.295 e. The van der Waals surface area contributed by atoms with Gasteiger partial charge < -0.3 is 25.0 Å². The SMILES string of the molecule is OC(O)(O)C1(NSc2cc(N3CCN4CCOCC4C3)c3cnc(-c4nnc(C(F)F)s4)n3c2)CC1. The molecule has 11 nitrogen and oxygen atoms in total. The minimum Gasteiger partial charge on any atom is -0.378 e. The molecule has 1 unspecified atom stereocenters. The van der Waals surface area contributed by atoms with E-state index in [9.17, 15) is 24.1 Å². The first-order valence-corrected chi connectivity index (χ1v) is 13.2. The van der Waals surface area contributed by atoms with Crippen LogP contribution in [-0.2, 0) is 4.74 Å². The molecule has 0 spiro atoms. The van der Waals surface area contributed by atoms with Crippen molar-refractivity contribution in [3.8, 4) is 10.8 Å². The van der Waals surface area contributed by atoms with Gasteiger partial charge in [0.25, 0.3) is 12.4 Å². The second kappa shape index (κ2) is 9.09. The van der Waals surface area contributed by atoms with Crippen LogP contribution in [0.3, 0.4) is 0 Å². The average molecular weight is 542 g/mol. The number of piperazine rings is 1. The van der Waals surface area contributed by atoms with Crippen molar-refractivity contribution in [2.45, 2.75) is 41.7 Å². The van der Waals surface area contributed by atoms with E-state index in [1.165, 1.54) is 0 Å². The summed E-state index contributed by atoms with van der Waals surface area (Å²) in [7, 11) is 0. The smallest absolute Gasteiger partial charge is 0.295 e. The number of hydrogen-bond donors (Lipinski definition) is 4. The van der Waals surface area contributed by atoms with Gasteiger partial charge in [0.15, 0.2) is 15.8 Å². The lowest BCUT2D eigenvalue weighted by Crippen LogP contribution is -2.58. The molecule has 1 atom stereocenters. The Morgan fingerprint density at radius 1 is 1.22 bits per heavy atom. The van der Waals surface area contributed by atoms with Crippen LogP contribution in [0.4, 0.5) is 14.5 Å². The van der Waals surface area contributed by atoms with Crippen LogP contribution in [0.1, 0.15) is 24.3 Å². The molecular formula is C21H25F2N7O4S2. The molecule has 0 bridgehead atoms. The van der Waals surface area contributed by atoms with E-state index in [2.05, 4.69) is 29.7 Å². The maximum absolute atomic E-state index is 13.1. The van der Waals surface area contributed by atoms with E-state index in [-0.39, 0.29) is 16.1 Å². The fourth-order valence-electron chi connectivity index (χ4n) is 4.69. The number of hydrogen-bond acceptors (Lipinski definition) is 12. The van der Waals surface area contributed by atoms with Crippen molar-refractivity contribution in [2.24, 2.45) is 0 Å². The number of imidazole rings is 1. The Balaban J connectivity index is 1.37. The predicted octanol–water partition coefficient (Wildman–Crippen LogP) is 1.07. The third-order valence-corrected chi connectivity index (χ3v) is 8.83. The average Bonchev–Trinajstić information content (AvgIpc) is 3.31. The topological polar surface area (TPSA) is 132 Å². The molecule has 3 aromatic heterocycles. The highest BCUT2D eigenvalue weighted by atomic mass is 32.2. The van der Waals surface area contributed by atoms with Gasteiger partial charge in [-0.2, -0.15) is 0 Å². The summed E-state index contributed by atoms with van der Waals surface area (Å²) in [5, 5.41) is 36.7. The Morgan fingerprint density at radius 3 is 2.78 bits per heavy atom. The van der Waals surface area contributed by atoms with Gasteiger partial charge >= 0.3 is 0 Å². The molecule has 0 aromatic carbocycles. The summed E-state index contributed by atoms with van der Waals surface area (Å²) in [5.41, 5.74) is 0.467. The zero-order valence-corrected chi connectivity index (χ0v) is 20.7. The van der Waals surface area contributed by atoms with Crippen molar-refractivity contribution >= 4 is 34.5 Å². The van der Waals surface area contributed by atoms with Gasteiger partial charge in [0, 0.05) is 37.3 Å². The highest BCUT2D eigenvalue weighted by Gasteiger charge is 2.58. The lowest BCUT2D eigenvalue weighted by molar-refractivity contribution is -0.332. The molecule has 15 heteroatoms. The molecule has 36 heavy (non-hydrogen) atoms. The number of morpholine rings is 1. The van der Waals surface area contributed by atoms with Crippen LogP contribution in [0.25, 0.3) is 16.3 Å². The first kappa shape index (κ1) is 24.4. The Morgan fingerprint density at radius 2 is 2.06 bits per heavy atom. The summed E-state index contributed by atoms with van der Waals surface area (Å²) in [4.78, 5) is 9.89. The first-order valence-electron chi connectivity index (χ1n) is 11.5. The van der Waals surface area contributed by atoms with Gasteiger partial charge in [-0.05, 0) is 30.9 Å². The Bertz CT molecular complexity index is 1260. The Hall–Kier alpha value is -1.98. The van der Waals surface area contributed by atoms with Crippen LogP contribution in [0.2, 0.25) is 0 Å².